The Balaban J connectivity index is 1.53. The van der Waals surface area contributed by atoms with Gasteiger partial charge in [0.1, 0.15) is 12.1 Å². The molecule has 2 amide bonds. The van der Waals surface area contributed by atoms with Gasteiger partial charge < -0.3 is 25.0 Å². The van der Waals surface area contributed by atoms with E-state index >= 15 is 0 Å². The molecule has 2 aromatic rings. The second kappa shape index (κ2) is 11.4. The zero-order chi connectivity index (χ0) is 25.6. The molecule has 190 valence electrons. The molecule has 0 spiro atoms. The lowest BCUT2D eigenvalue weighted by Crippen LogP contribution is -2.50. The van der Waals surface area contributed by atoms with Crippen molar-refractivity contribution < 1.29 is 24.2 Å². The van der Waals surface area contributed by atoms with Crippen LogP contribution in [-0.2, 0) is 9.53 Å². The molecule has 0 radical (unpaired) electrons. The molecule has 10 nitrogen and oxygen atoms in total. The summed E-state index contributed by atoms with van der Waals surface area (Å²) < 4.78 is 5.46. The van der Waals surface area contributed by atoms with E-state index in [9.17, 15) is 14.4 Å². The highest BCUT2D eigenvalue weighted by Crippen LogP contribution is 2.23. The molecule has 1 saturated heterocycles. The number of ether oxygens (including phenoxy) is 1. The van der Waals surface area contributed by atoms with Crippen molar-refractivity contribution in [2.24, 2.45) is 0 Å². The van der Waals surface area contributed by atoms with Crippen LogP contribution in [0.4, 0.5) is 10.5 Å². The van der Waals surface area contributed by atoms with Crippen molar-refractivity contribution in [2.45, 2.75) is 32.8 Å². The number of fused-ring (bicyclic) bond motifs is 1. The van der Waals surface area contributed by atoms with Crippen molar-refractivity contribution in [3.05, 3.63) is 36.0 Å². The minimum atomic E-state index is -1.09. The van der Waals surface area contributed by atoms with Crippen LogP contribution < -0.4 is 10.2 Å². The first-order chi connectivity index (χ1) is 16.5. The van der Waals surface area contributed by atoms with Gasteiger partial charge in [0.2, 0.25) is 0 Å². The van der Waals surface area contributed by atoms with Crippen LogP contribution in [0.2, 0.25) is 0 Å². The number of piperazine rings is 1. The number of rotatable bonds is 8. The molecule has 0 bridgehead atoms. The van der Waals surface area contributed by atoms with Gasteiger partial charge in [-0.15, -0.1) is 0 Å². The van der Waals surface area contributed by atoms with Crippen molar-refractivity contribution in [2.75, 3.05) is 57.8 Å². The van der Waals surface area contributed by atoms with Crippen molar-refractivity contribution in [3.63, 3.8) is 0 Å². The maximum atomic E-state index is 12.5. The SMILES string of the molecule is CN(CCCN1CCN(C(=O)OC(C)(C)C)CC1)c1ccc2nccc(C(=O)NCC(=O)O)c2c1. The number of carbonyl (C=O) groups is 3. The van der Waals surface area contributed by atoms with Gasteiger partial charge in [0.15, 0.2) is 0 Å². The van der Waals surface area contributed by atoms with E-state index in [0.717, 1.165) is 38.3 Å². The van der Waals surface area contributed by atoms with Gasteiger partial charge in [-0.3, -0.25) is 19.5 Å². The van der Waals surface area contributed by atoms with Gasteiger partial charge in [-0.25, -0.2) is 4.79 Å². The van der Waals surface area contributed by atoms with E-state index in [1.807, 2.05) is 46.0 Å². The van der Waals surface area contributed by atoms with Crippen molar-refractivity contribution >= 4 is 34.6 Å². The van der Waals surface area contributed by atoms with Crippen molar-refractivity contribution in [1.29, 1.82) is 0 Å². The number of hydrogen-bond donors (Lipinski definition) is 2. The Bertz CT molecular complexity index is 1060. The summed E-state index contributed by atoms with van der Waals surface area (Å²) in [4.78, 5) is 46.1. The molecule has 1 aliphatic heterocycles. The lowest BCUT2D eigenvalue weighted by Gasteiger charge is -2.35. The van der Waals surface area contributed by atoms with Crippen LogP contribution in [0.25, 0.3) is 10.9 Å². The smallest absolute Gasteiger partial charge is 0.410 e. The maximum Gasteiger partial charge on any atom is 0.410 e. The number of anilines is 1. The van der Waals surface area contributed by atoms with E-state index < -0.39 is 24.0 Å². The van der Waals surface area contributed by atoms with Gasteiger partial charge in [-0.2, -0.15) is 0 Å². The van der Waals surface area contributed by atoms with E-state index in [0.29, 0.717) is 29.6 Å². The Morgan fingerprint density at radius 3 is 2.51 bits per heavy atom. The van der Waals surface area contributed by atoms with Crippen LogP contribution in [0, 0.1) is 0 Å². The predicted molar refractivity (Wildman–Crippen MR) is 134 cm³/mol. The summed E-state index contributed by atoms with van der Waals surface area (Å²) in [5, 5.41) is 11.9. The Morgan fingerprint density at radius 2 is 1.86 bits per heavy atom. The van der Waals surface area contributed by atoms with Crippen LogP contribution in [0.3, 0.4) is 0 Å². The molecular weight excluding hydrogens is 450 g/mol. The summed E-state index contributed by atoms with van der Waals surface area (Å²) in [6, 6.07) is 7.34. The Morgan fingerprint density at radius 1 is 1.14 bits per heavy atom. The van der Waals surface area contributed by atoms with Crippen LogP contribution in [0.5, 0.6) is 0 Å². The number of benzene rings is 1. The molecule has 35 heavy (non-hydrogen) atoms. The molecule has 0 atom stereocenters. The van der Waals surface area contributed by atoms with E-state index in [4.69, 9.17) is 9.84 Å². The molecule has 2 N–H and O–H groups in total. The quantitative estimate of drug-likeness (QED) is 0.586. The van der Waals surface area contributed by atoms with Crippen LogP contribution in [0.1, 0.15) is 37.6 Å². The number of nitrogens with one attached hydrogen (secondary N) is 1. The average Bonchev–Trinajstić information content (AvgIpc) is 2.81. The third-order valence-electron chi connectivity index (χ3n) is 5.80. The van der Waals surface area contributed by atoms with Gasteiger partial charge >= 0.3 is 12.1 Å². The second-order valence-electron chi connectivity index (χ2n) is 9.72. The fourth-order valence-corrected chi connectivity index (χ4v) is 3.96. The highest BCUT2D eigenvalue weighted by Gasteiger charge is 2.25. The number of carboxylic acid groups (broad SMARTS) is 1. The third-order valence-corrected chi connectivity index (χ3v) is 5.80. The predicted octanol–water partition coefficient (Wildman–Crippen LogP) is 2.43. The monoisotopic (exact) mass is 485 g/mol. The van der Waals surface area contributed by atoms with Gasteiger partial charge in [0, 0.05) is 57.0 Å². The molecule has 0 aliphatic carbocycles. The Hall–Kier alpha value is -3.40. The minimum absolute atomic E-state index is 0.251. The zero-order valence-corrected chi connectivity index (χ0v) is 20.9. The molecule has 1 aromatic carbocycles. The molecule has 3 rings (SSSR count). The summed E-state index contributed by atoms with van der Waals surface area (Å²) in [6.07, 6.45) is 2.24. The summed E-state index contributed by atoms with van der Waals surface area (Å²) in [5.74, 6) is -1.53. The highest BCUT2D eigenvalue weighted by molar-refractivity contribution is 6.07. The number of carboxylic acids is 1. The molecular formula is C25H35N5O5. The Kier molecular flexibility index (Phi) is 8.50. The topological polar surface area (TPSA) is 115 Å². The number of aliphatic carboxylic acids is 1. The maximum absolute atomic E-state index is 12.5. The summed E-state index contributed by atoms with van der Waals surface area (Å²) >= 11 is 0. The van der Waals surface area contributed by atoms with Crippen molar-refractivity contribution in [1.82, 2.24) is 20.1 Å². The fraction of sp³-hybridized carbons (Fsp3) is 0.520. The summed E-state index contributed by atoms with van der Waals surface area (Å²) in [7, 11) is 2.00. The zero-order valence-electron chi connectivity index (χ0n) is 20.9. The van der Waals surface area contributed by atoms with E-state index in [1.54, 1.807) is 17.2 Å². The standard InChI is InChI=1S/C25H35N5O5/c1-25(2,3)35-24(34)30-14-12-29(13-15-30)11-5-10-28(4)18-6-7-21-20(16-18)19(8-9-26-21)23(33)27-17-22(31)32/h6-9,16H,5,10-15,17H2,1-4H3,(H,27,33)(H,31,32). The van der Waals surface area contributed by atoms with E-state index in [2.05, 4.69) is 20.1 Å². The number of amides is 2. The molecule has 1 fully saturated rings. The molecule has 10 heteroatoms. The van der Waals surface area contributed by atoms with Gasteiger partial charge in [-0.05, 0) is 58.0 Å². The fourth-order valence-electron chi connectivity index (χ4n) is 3.96. The van der Waals surface area contributed by atoms with Gasteiger partial charge in [0.25, 0.3) is 5.91 Å². The van der Waals surface area contributed by atoms with Gasteiger partial charge in [-0.1, -0.05) is 0 Å². The van der Waals surface area contributed by atoms with Crippen LogP contribution >= 0.6 is 0 Å². The summed E-state index contributed by atoms with van der Waals surface area (Å²) in [6.45, 7) is 9.89. The average molecular weight is 486 g/mol. The largest absolute Gasteiger partial charge is 0.480 e. The number of aromatic nitrogens is 1. The van der Waals surface area contributed by atoms with Gasteiger partial charge in [0.05, 0.1) is 11.1 Å². The molecule has 1 aliphatic rings. The highest BCUT2D eigenvalue weighted by atomic mass is 16.6. The minimum Gasteiger partial charge on any atom is -0.480 e. The molecule has 2 heterocycles. The Labute approximate surface area is 205 Å². The molecule has 0 unspecified atom stereocenters. The van der Waals surface area contributed by atoms with Crippen molar-refractivity contribution in [3.8, 4) is 0 Å². The first-order valence-electron chi connectivity index (χ1n) is 11.8. The summed E-state index contributed by atoms with van der Waals surface area (Å²) in [5.41, 5.74) is 1.54. The van der Waals surface area contributed by atoms with Crippen LogP contribution in [-0.4, -0.2) is 96.3 Å². The number of nitrogens with zero attached hydrogens (tertiary/aromatic N) is 4. The number of pyridine rings is 1. The third kappa shape index (κ3) is 7.54. The molecule has 0 saturated carbocycles. The first kappa shape index (κ1) is 26.2. The van der Waals surface area contributed by atoms with Crippen LogP contribution in [0.15, 0.2) is 30.5 Å². The van der Waals surface area contributed by atoms with E-state index in [-0.39, 0.29) is 6.09 Å². The lowest BCUT2D eigenvalue weighted by molar-refractivity contribution is -0.135. The number of carbonyl (C=O) groups excluding carboxylic acids is 2. The normalized spacial score (nSPS) is 14.6. The number of hydrogen-bond acceptors (Lipinski definition) is 7. The molecule has 1 aromatic heterocycles. The first-order valence-corrected chi connectivity index (χ1v) is 11.8. The van der Waals surface area contributed by atoms with E-state index in [1.165, 1.54) is 0 Å². The second-order valence-corrected chi connectivity index (χ2v) is 9.72. The lowest BCUT2D eigenvalue weighted by atomic mass is 10.1.